The number of fused-ring (bicyclic) bond motifs is 5. The van der Waals surface area contributed by atoms with E-state index in [9.17, 15) is 18.0 Å². The average Bonchev–Trinajstić information content (AvgIpc) is 3.30. The van der Waals surface area contributed by atoms with E-state index in [-0.39, 0.29) is 10.8 Å². The van der Waals surface area contributed by atoms with E-state index < -0.39 is 33.5 Å². The highest BCUT2D eigenvalue weighted by Gasteiger charge is 2.53. The predicted octanol–water partition coefficient (Wildman–Crippen LogP) is 4.88. The Bertz CT molecular complexity index is 1540. The highest BCUT2D eigenvalue weighted by atomic mass is 32.2. The molecule has 0 spiro atoms. The number of rotatable bonds is 3. The molecule has 0 saturated carbocycles. The van der Waals surface area contributed by atoms with E-state index >= 15 is 0 Å². The van der Waals surface area contributed by atoms with Crippen molar-refractivity contribution in [3.8, 4) is 0 Å². The van der Waals surface area contributed by atoms with Crippen LogP contribution < -0.4 is 5.73 Å². The number of nitrogens with two attached hydrogens (primary N) is 1. The molecule has 0 amide bonds. The van der Waals surface area contributed by atoms with E-state index in [1.807, 2.05) is 42.5 Å². The Hall–Kier alpha value is -3.71. The molecule has 1 aliphatic heterocycles. The number of carbonyl (C=O) groups is 2. The van der Waals surface area contributed by atoms with E-state index in [2.05, 4.69) is 6.92 Å². The summed E-state index contributed by atoms with van der Waals surface area (Å²) < 4.78 is 29.2. The molecule has 0 saturated heterocycles. The third kappa shape index (κ3) is 3.26. The van der Waals surface area contributed by atoms with Crippen LogP contribution in [-0.4, -0.2) is 24.3 Å². The number of Topliss-reactive ketones (excluding diaryl/α,β-unsaturated/α-hetero) is 2. The van der Waals surface area contributed by atoms with Crippen LogP contribution in [0.5, 0.6) is 0 Å². The second-order valence-corrected chi connectivity index (χ2v) is 11.7. The van der Waals surface area contributed by atoms with Crippen molar-refractivity contribution in [3.05, 3.63) is 101 Å². The van der Waals surface area contributed by atoms with Gasteiger partial charge in [0.2, 0.25) is 11.6 Å². The van der Waals surface area contributed by atoms with Crippen molar-refractivity contribution in [1.29, 1.82) is 0 Å². The zero-order valence-electron chi connectivity index (χ0n) is 19.8. The number of hydrogen-bond donors (Lipinski definition) is 1. The smallest absolute Gasteiger partial charge is 0.264 e. The number of sulfonamides is 1. The molecule has 0 fully saturated rings. The lowest BCUT2D eigenvalue weighted by Crippen LogP contribution is -2.41. The van der Waals surface area contributed by atoms with Crippen molar-refractivity contribution in [2.24, 2.45) is 5.92 Å². The van der Waals surface area contributed by atoms with Crippen molar-refractivity contribution in [2.45, 2.75) is 43.0 Å². The minimum Gasteiger partial charge on any atom is -0.399 e. The minimum absolute atomic E-state index is 0.0819. The summed E-state index contributed by atoms with van der Waals surface area (Å²) in [6.07, 6.45) is 4.21. The van der Waals surface area contributed by atoms with Gasteiger partial charge < -0.3 is 5.73 Å². The molecule has 3 unspecified atom stereocenters. The number of nitrogens with zero attached hydrogens (tertiary/aromatic N) is 1. The van der Waals surface area contributed by atoms with Crippen molar-refractivity contribution in [3.63, 3.8) is 0 Å². The summed E-state index contributed by atoms with van der Waals surface area (Å²) in [7, 11) is -4.04. The second kappa shape index (κ2) is 8.17. The summed E-state index contributed by atoms with van der Waals surface area (Å²) >= 11 is 0. The van der Waals surface area contributed by atoms with Gasteiger partial charge in [0.1, 0.15) is 0 Å². The fraction of sp³-hybridized carbons (Fsp3) is 0.241. The third-order valence-corrected chi connectivity index (χ3v) is 9.54. The Kier molecular flexibility index (Phi) is 5.16. The van der Waals surface area contributed by atoms with E-state index in [0.717, 1.165) is 29.5 Å². The maximum Gasteiger partial charge on any atom is 0.264 e. The molecule has 3 aliphatic rings. The maximum atomic E-state index is 14.0. The number of ketones is 2. The molecule has 1 heterocycles. The number of benzene rings is 3. The van der Waals surface area contributed by atoms with Crippen molar-refractivity contribution in [1.82, 2.24) is 4.31 Å². The van der Waals surface area contributed by atoms with E-state index in [1.54, 1.807) is 18.3 Å². The lowest BCUT2D eigenvalue weighted by Gasteiger charge is -2.36. The van der Waals surface area contributed by atoms with Crippen LogP contribution in [0, 0.1) is 5.92 Å². The first-order valence-electron chi connectivity index (χ1n) is 12.2. The van der Waals surface area contributed by atoms with Crippen LogP contribution in [0.3, 0.4) is 0 Å². The topological polar surface area (TPSA) is 97.5 Å². The van der Waals surface area contributed by atoms with Crippen LogP contribution in [0.25, 0.3) is 5.57 Å². The van der Waals surface area contributed by atoms with Crippen LogP contribution in [0.2, 0.25) is 0 Å². The van der Waals surface area contributed by atoms with Gasteiger partial charge in [-0.05, 0) is 77.3 Å². The molecular formula is C29H26N2O4S. The van der Waals surface area contributed by atoms with E-state index in [0.29, 0.717) is 28.8 Å². The Labute approximate surface area is 210 Å². The Morgan fingerprint density at radius 1 is 0.917 bits per heavy atom. The van der Waals surface area contributed by atoms with Crippen molar-refractivity contribution in [2.75, 3.05) is 5.73 Å². The van der Waals surface area contributed by atoms with Gasteiger partial charge in [0.05, 0.1) is 16.9 Å². The minimum atomic E-state index is -4.04. The van der Waals surface area contributed by atoms with Crippen LogP contribution in [0.1, 0.15) is 64.3 Å². The summed E-state index contributed by atoms with van der Waals surface area (Å²) in [5, 5.41) is 0. The van der Waals surface area contributed by atoms with Crippen LogP contribution in [-0.2, 0) is 21.2 Å². The lowest BCUT2D eigenvalue weighted by atomic mass is 9.70. The van der Waals surface area contributed by atoms with Gasteiger partial charge >= 0.3 is 0 Å². The molecule has 3 aromatic carbocycles. The van der Waals surface area contributed by atoms with Crippen molar-refractivity contribution >= 4 is 32.9 Å². The molecule has 2 aliphatic carbocycles. The van der Waals surface area contributed by atoms with Gasteiger partial charge in [-0.1, -0.05) is 49.4 Å². The van der Waals surface area contributed by atoms with E-state index in [4.69, 9.17) is 5.73 Å². The highest BCUT2D eigenvalue weighted by Crippen LogP contribution is 2.52. The van der Waals surface area contributed by atoms with Crippen LogP contribution in [0.15, 0.2) is 77.8 Å². The summed E-state index contributed by atoms with van der Waals surface area (Å²) in [5.41, 5.74) is 10.5. The Balaban J connectivity index is 1.59. The van der Waals surface area contributed by atoms with Crippen LogP contribution in [0.4, 0.5) is 5.69 Å². The van der Waals surface area contributed by atoms with Gasteiger partial charge in [0, 0.05) is 17.5 Å². The largest absolute Gasteiger partial charge is 0.399 e. The van der Waals surface area contributed by atoms with Gasteiger partial charge in [0.25, 0.3) is 10.0 Å². The molecule has 3 aromatic rings. The maximum absolute atomic E-state index is 14.0. The first kappa shape index (κ1) is 22.7. The zero-order valence-corrected chi connectivity index (χ0v) is 20.7. The highest BCUT2D eigenvalue weighted by molar-refractivity contribution is 7.89. The third-order valence-electron chi connectivity index (χ3n) is 7.78. The molecular weight excluding hydrogens is 472 g/mol. The first-order chi connectivity index (χ1) is 17.3. The number of carbonyl (C=O) groups excluding carboxylic acids is 2. The number of anilines is 1. The molecule has 182 valence electrons. The SMILES string of the molecule is CC1CCCc2c1ccc1c2C(=O)C(=O)C2C(c3ccccc3)=CN(S(=O)(=O)c3ccc(N)cc3)C12. The molecule has 3 atom stereocenters. The summed E-state index contributed by atoms with van der Waals surface area (Å²) in [6.45, 7) is 2.13. The quantitative estimate of drug-likeness (QED) is 0.410. The standard InChI is InChI=1S/C29H26N2O4S/c1-17-6-5-9-22-21(17)14-15-23-25(22)28(32)29(33)26-24(18-7-3-2-4-8-18)16-31(27(23)26)36(34,35)20-12-10-19(30)11-13-20/h2-4,7-8,10-17,26-27H,5-6,9,30H2,1H3. The monoisotopic (exact) mass is 498 g/mol. The van der Waals surface area contributed by atoms with Gasteiger partial charge in [0.15, 0.2) is 0 Å². The molecule has 0 radical (unpaired) electrons. The Morgan fingerprint density at radius 3 is 2.33 bits per heavy atom. The fourth-order valence-corrected chi connectivity index (χ4v) is 7.52. The molecule has 7 heteroatoms. The molecule has 6 nitrogen and oxygen atoms in total. The van der Waals surface area contributed by atoms with Gasteiger partial charge in [-0.2, -0.15) is 0 Å². The van der Waals surface area contributed by atoms with Gasteiger partial charge in [-0.3, -0.25) is 13.9 Å². The van der Waals surface area contributed by atoms with E-state index in [1.165, 1.54) is 16.4 Å². The zero-order chi connectivity index (χ0) is 25.2. The molecule has 0 bridgehead atoms. The molecule has 6 rings (SSSR count). The predicted molar refractivity (Wildman–Crippen MR) is 138 cm³/mol. The average molecular weight is 499 g/mol. The van der Waals surface area contributed by atoms with Gasteiger partial charge in [-0.25, -0.2) is 8.42 Å². The van der Waals surface area contributed by atoms with Crippen molar-refractivity contribution < 1.29 is 18.0 Å². The summed E-state index contributed by atoms with van der Waals surface area (Å²) in [4.78, 5) is 27.4. The summed E-state index contributed by atoms with van der Waals surface area (Å²) in [6, 6.07) is 18.3. The normalized spacial score (nSPS) is 23.1. The summed E-state index contributed by atoms with van der Waals surface area (Å²) in [5.74, 6) is -1.68. The van der Waals surface area contributed by atoms with Crippen LogP contribution >= 0.6 is 0 Å². The number of nitrogen functional groups attached to an aromatic ring is 1. The second-order valence-electron chi connectivity index (χ2n) is 9.86. The Morgan fingerprint density at radius 2 is 1.61 bits per heavy atom. The first-order valence-corrected chi connectivity index (χ1v) is 13.6. The fourth-order valence-electron chi connectivity index (χ4n) is 6.01. The lowest BCUT2D eigenvalue weighted by molar-refractivity contribution is -0.118. The van der Waals surface area contributed by atoms with Gasteiger partial charge in [-0.15, -0.1) is 0 Å². The molecule has 0 aromatic heterocycles. The molecule has 36 heavy (non-hydrogen) atoms. The number of hydrogen-bond acceptors (Lipinski definition) is 5. The molecule has 2 N–H and O–H groups in total.